The fourth-order valence-electron chi connectivity index (χ4n) is 7.63. The van der Waals surface area contributed by atoms with Crippen molar-refractivity contribution in [2.24, 2.45) is 23.7 Å². The van der Waals surface area contributed by atoms with E-state index in [0.717, 1.165) is 21.0 Å². The quantitative estimate of drug-likeness (QED) is 0.145. The number of Topliss-reactive ketones (excluding diaryl/α,β-unsaturated/α-hetero) is 1. The number of nitrogens with one attached hydrogen (secondary N) is 1. The molecule has 4 aliphatic rings. The first-order valence-electron chi connectivity index (χ1n) is 18.7. The molecule has 4 bridgehead atoms. The largest absolute Gasteiger partial charge is 0.505 e. The number of phenolic OH excluding ortho intramolecular Hbond substituents is 1. The average molecular weight is 812 g/mol. The number of phenols is 1. The number of ketones is 1. The summed E-state index contributed by atoms with van der Waals surface area (Å²) in [7, 11) is 1.06. The van der Waals surface area contributed by atoms with Gasteiger partial charge in [0.25, 0.3) is 5.91 Å². The van der Waals surface area contributed by atoms with Crippen LogP contribution in [0.4, 0.5) is 5.69 Å². The van der Waals surface area contributed by atoms with Gasteiger partial charge in [-0.15, -0.1) is 0 Å². The number of esters is 3. The topological polar surface area (TPSA) is 245 Å². The summed E-state index contributed by atoms with van der Waals surface area (Å²) in [5.41, 5.74) is -2.49. The summed E-state index contributed by atoms with van der Waals surface area (Å²) in [6.45, 7) is 13.4. The molecule has 1 amide bonds. The van der Waals surface area contributed by atoms with Gasteiger partial charge in [-0.2, -0.15) is 0 Å². The van der Waals surface area contributed by atoms with Crippen molar-refractivity contribution in [1.82, 2.24) is 0 Å². The second-order valence-corrected chi connectivity index (χ2v) is 15.3. The number of ether oxygens (including phenoxy) is 5. The lowest BCUT2D eigenvalue weighted by Crippen LogP contribution is -2.54. The third kappa shape index (κ3) is 8.74. The molecule has 3 heterocycles. The van der Waals surface area contributed by atoms with Crippen LogP contribution in [0.5, 0.6) is 11.5 Å². The number of amides is 1. The number of rotatable bonds is 3. The van der Waals surface area contributed by atoms with Crippen molar-refractivity contribution < 1.29 is 73.2 Å². The predicted octanol–water partition coefficient (Wildman–Crippen LogP) is 3.68. The Balaban J connectivity index is 2.10. The third-order valence-corrected chi connectivity index (χ3v) is 10.9. The molecule has 1 aromatic rings. The number of hydrogen-bond acceptors (Lipinski definition) is 15. The van der Waals surface area contributed by atoms with Crippen molar-refractivity contribution >= 4 is 40.9 Å². The number of carbonyl (C=O) groups excluding carboxylic acids is 5. The zero-order chi connectivity index (χ0) is 43.7. The summed E-state index contributed by atoms with van der Waals surface area (Å²) in [5.74, 6) is -9.71. The minimum absolute atomic E-state index is 0.00972. The van der Waals surface area contributed by atoms with Gasteiger partial charge in [-0.05, 0) is 46.3 Å². The van der Waals surface area contributed by atoms with Gasteiger partial charge in [-0.25, -0.2) is 0 Å². The van der Waals surface area contributed by atoms with Crippen molar-refractivity contribution in [3.8, 4) is 11.5 Å². The van der Waals surface area contributed by atoms with E-state index in [-0.39, 0.29) is 61.9 Å². The maximum absolute atomic E-state index is 14.0. The Bertz CT molecular complexity index is 2040. The summed E-state index contributed by atoms with van der Waals surface area (Å²) >= 11 is 0. The Hall–Kier alpha value is -5.29. The number of methoxy groups -OCH3 is 1. The molecule has 0 radical (unpaired) electrons. The van der Waals surface area contributed by atoms with E-state index in [2.05, 4.69) is 5.32 Å². The monoisotopic (exact) mass is 811 g/mol. The first kappa shape index (κ1) is 45.4. The highest BCUT2D eigenvalue weighted by molar-refractivity contribution is 6.21. The lowest BCUT2D eigenvalue weighted by atomic mass is 9.75. The van der Waals surface area contributed by atoms with Crippen molar-refractivity contribution in [3.05, 3.63) is 69.2 Å². The van der Waals surface area contributed by atoms with Gasteiger partial charge in [0.2, 0.25) is 6.79 Å². The van der Waals surface area contributed by atoms with Gasteiger partial charge >= 0.3 is 17.9 Å². The summed E-state index contributed by atoms with van der Waals surface area (Å²) in [4.78, 5) is 66.1. The molecule has 0 spiro atoms. The van der Waals surface area contributed by atoms with Crippen LogP contribution in [0.25, 0.3) is 5.57 Å². The van der Waals surface area contributed by atoms with E-state index >= 15 is 0 Å². The molecule has 0 saturated carbocycles. The Labute approximate surface area is 336 Å². The standard InChI is InChI=1S/C42H53NO15/c1-17-13-12-14-18(2)40(51)43-30-20(4)37(57-24(8)44)26-27(34(30)49)33(48)22(6)36-28(26)35(55-16-56-36)19(3)15-42(10,53)39(50)23(7)38(58-25(9)45)29(41(52)54-11)32(47)21(5)31(17)46/h12-15,17,21,23,29,31-32,38-39,46-47,49-50,53H,16H2,1-11H3,(H,43,51)/b13-12-,18-14?,19-15?/t17-,21-,23+,29-,31-,32-,38-,39-,42-/m1/s1. The van der Waals surface area contributed by atoms with Crippen LogP contribution in [0, 0.1) is 30.6 Å². The molecule has 9 atom stereocenters. The van der Waals surface area contributed by atoms with Crippen LogP contribution in [0.3, 0.4) is 0 Å². The molecule has 316 valence electrons. The maximum atomic E-state index is 14.0. The van der Waals surface area contributed by atoms with Crippen LogP contribution in [-0.4, -0.2) is 99.1 Å². The van der Waals surface area contributed by atoms with Crippen LogP contribution >= 0.6 is 0 Å². The second-order valence-electron chi connectivity index (χ2n) is 15.3. The zero-order valence-corrected chi connectivity index (χ0v) is 34.5. The maximum Gasteiger partial charge on any atom is 0.315 e. The smallest absolute Gasteiger partial charge is 0.315 e. The molecule has 16 nitrogen and oxygen atoms in total. The van der Waals surface area contributed by atoms with E-state index < -0.39 is 95.8 Å². The van der Waals surface area contributed by atoms with Crippen molar-refractivity contribution in [2.75, 3.05) is 19.2 Å². The molecule has 3 aliphatic heterocycles. The van der Waals surface area contributed by atoms with Crippen LogP contribution in [0.2, 0.25) is 0 Å². The van der Waals surface area contributed by atoms with E-state index in [1.54, 1.807) is 13.0 Å². The zero-order valence-electron chi connectivity index (χ0n) is 34.5. The molecular weight excluding hydrogens is 758 g/mol. The SMILES string of the molecule is COC(=O)[C@@H]1[C@H](O)[C@H](C)[C@H](O)[C@H](C)/C=C\C=C(C)C(=O)Nc2c(C)c(OC(C)=O)c3c(c2O)C(=O)C(C)=C2OCOC(=C23)C(C)=C[C@@](C)(O)[C@H](O)[C@@H](C)[C@H]1OC(C)=O. The number of aliphatic hydroxyl groups excluding tert-OH is 3. The number of hydrogen-bond donors (Lipinski definition) is 6. The number of aliphatic hydroxyl groups is 4. The van der Waals surface area contributed by atoms with Crippen molar-refractivity contribution in [3.63, 3.8) is 0 Å². The van der Waals surface area contributed by atoms with E-state index in [4.69, 9.17) is 23.7 Å². The predicted molar refractivity (Wildman–Crippen MR) is 208 cm³/mol. The van der Waals surface area contributed by atoms with Gasteiger partial charge in [-0.3, -0.25) is 24.0 Å². The van der Waals surface area contributed by atoms with E-state index in [1.807, 2.05) is 0 Å². The van der Waals surface area contributed by atoms with Gasteiger partial charge in [0, 0.05) is 53.9 Å². The van der Waals surface area contributed by atoms with Gasteiger partial charge in [0.05, 0.1) is 42.2 Å². The van der Waals surface area contributed by atoms with Gasteiger partial charge < -0.3 is 54.5 Å². The lowest BCUT2D eigenvalue weighted by molar-refractivity contribution is -0.181. The van der Waals surface area contributed by atoms with Crippen LogP contribution < -0.4 is 10.1 Å². The minimum atomic E-state index is -2.22. The Morgan fingerprint density at radius 1 is 0.897 bits per heavy atom. The highest BCUT2D eigenvalue weighted by Crippen LogP contribution is 2.53. The molecule has 5 rings (SSSR count). The van der Waals surface area contributed by atoms with E-state index in [9.17, 15) is 49.5 Å². The minimum Gasteiger partial charge on any atom is -0.505 e. The van der Waals surface area contributed by atoms with Crippen molar-refractivity contribution in [2.45, 2.75) is 99.3 Å². The van der Waals surface area contributed by atoms with E-state index in [0.29, 0.717) is 0 Å². The molecule has 0 saturated heterocycles. The van der Waals surface area contributed by atoms with Gasteiger partial charge in [0.15, 0.2) is 11.5 Å². The first-order valence-corrected chi connectivity index (χ1v) is 18.7. The van der Waals surface area contributed by atoms with E-state index in [1.165, 1.54) is 66.7 Å². The Morgan fingerprint density at radius 3 is 2.10 bits per heavy atom. The fraction of sp³-hybridized carbons (Fsp3) is 0.500. The average Bonchev–Trinajstić information content (AvgIpc) is 3.16. The lowest BCUT2D eigenvalue weighted by Gasteiger charge is -2.40. The molecule has 0 unspecified atom stereocenters. The number of aromatic hydroxyl groups is 1. The fourth-order valence-corrected chi connectivity index (χ4v) is 7.63. The van der Waals surface area contributed by atoms with Crippen LogP contribution in [-0.2, 0) is 38.1 Å². The van der Waals surface area contributed by atoms with Crippen LogP contribution in [0.1, 0.15) is 83.8 Å². The molecule has 0 fully saturated rings. The van der Waals surface area contributed by atoms with Gasteiger partial charge in [-0.1, -0.05) is 39.0 Å². The summed E-state index contributed by atoms with van der Waals surface area (Å²) in [5, 5.41) is 61.2. The third-order valence-electron chi connectivity index (χ3n) is 10.9. The number of allylic oxidation sites excluding steroid dienone is 5. The molecule has 1 aliphatic carbocycles. The molecule has 1 aromatic carbocycles. The van der Waals surface area contributed by atoms with Gasteiger partial charge in [0.1, 0.15) is 34.9 Å². The van der Waals surface area contributed by atoms with Crippen molar-refractivity contribution in [1.29, 1.82) is 0 Å². The summed E-state index contributed by atoms with van der Waals surface area (Å²) < 4.78 is 28.0. The number of carbonyl (C=O) groups is 5. The highest BCUT2D eigenvalue weighted by atomic mass is 16.7. The molecule has 16 heteroatoms. The molecule has 58 heavy (non-hydrogen) atoms. The first-order chi connectivity index (χ1) is 27.0. The van der Waals surface area contributed by atoms with Crippen LogP contribution in [0.15, 0.2) is 52.5 Å². The molecule has 6 N–H and O–H groups in total. The second kappa shape index (κ2) is 17.7. The highest BCUT2D eigenvalue weighted by Gasteiger charge is 2.49. The molecule has 0 aromatic heterocycles. The molecular formula is C42H53NO15. The number of anilines is 1. The summed E-state index contributed by atoms with van der Waals surface area (Å²) in [6, 6.07) is 0. The normalized spacial score (nSPS) is 30.3. The number of benzene rings is 1. The Morgan fingerprint density at radius 2 is 1.52 bits per heavy atom. The Kier molecular flexibility index (Phi) is 13.8. The summed E-state index contributed by atoms with van der Waals surface area (Å²) in [6.07, 6.45) is -0.811. The number of fused-ring (bicyclic) bond motifs is 14.